The van der Waals surface area contributed by atoms with Crippen LogP contribution < -0.4 is 10.1 Å². The topological polar surface area (TPSA) is 41.6 Å². The van der Waals surface area contributed by atoms with Gasteiger partial charge in [0.2, 0.25) is 5.91 Å². The highest BCUT2D eigenvalue weighted by atomic mass is 16.5. The largest absolute Gasteiger partial charge is 0.491 e. The molecule has 2 aliphatic rings. The van der Waals surface area contributed by atoms with Gasteiger partial charge in [0.1, 0.15) is 11.3 Å². The number of likely N-dealkylation sites (tertiary alicyclic amines) is 1. The summed E-state index contributed by atoms with van der Waals surface area (Å²) in [6.45, 7) is 6.77. The Kier molecular flexibility index (Phi) is 6.00. The second-order valence-corrected chi connectivity index (χ2v) is 7.78. The van der Waals surface area contributed by atoms with Crippen molar-refractivity contribution in [2.45, 2.75) is 77.0 Å². The summed E-state index contributed by atoms with van der Waals surface area (Å²) < 4.78 is 5.76. The van der Waals surface area contributed by atoms with Crippen molar-refractivity contribution in [1.82, 2.24) is 10.2 Å². The normalized spacial score (nSPS) is 20.6. The van der Waals surface area contributed by atoms with E-state index in [1.807, 2.05) is 32.0 Å². The SMILES string of the molecule is CC(C)Oc1cccc(CNC(=O)C2(N3CCCC3)CCCCC2)c1. The molecule has 0 aromatic heterocycles. The first-order chi connectivity index (χ1) is 12.1. The Morgan fingerprint density at radius 2 is 1.88 bits per heavy atom. The van der Waals surface area contributed by atoms with Gasteiger partial charge in [-0.05, 0) is 70.3 Å². The summed E-state index contributed by atoms with van der Waals surface area (Å²) in [7, 11) is 0. The molecule has 3 rings (SSSR count). The number of hydrogen-bond donors (Lipinski definition) is 1. The highest BCUT2D eigenvalue weighted by molar-refractivity contribution is 5.86. The zero-order valence-electron chi connectivity index (χ0n) is 15.7. The van der Waals surface area contributed by atoms with Crippen LogP contribution in [-0.2, 0) is 11.3 Å². The summed E-state index contributed by atoms with van der Waals surface area (Å²) in [6.07, 6.45) is 8.23. The molecule has 0 spiro atoms. The van der Waals surface area contributed by atoms with E-state index in [0.717, 1.165) is 37.2 Å². The molecule has 1 saturated carbocycles. The van der Waals surface area contributed by atoms with E-state index in [1.165, 1.54) is 32.1 Å². The quantitative estimate of drug-likeness (QED) is 0.851. The molecule has 0 unspecified atom stereocenters. The van der Waals surface area contributed by atoms with Crippen molar-refractivity contribution >= 4 is 5.91 Å². The molecule has 1 saturated heterocycles. The van der Waals surface area contributed by atoms with Gasteiger partial charge in [-0.15, -0.1) is 0 Å². The number of hydrogen-bond acceptors (Lipinski definition) is 3. The average molecular weight is 344 g/mol. The van der Waals surface area contributed by atoms with Crippen LogP contribution in [0.15, 0.2) is 24.3 Å². The molecular weight excluding hydrogens is 312 g/mol. The highest BCUT2D eigenvalue weighted by Crippen LogP contribution is 2.36. The van der Waals surface area contributed by atoms with Crippen LogP contribution in [0.4, 0.5) is 0 Å². The van der Waals surface area contributed by atoms with Gasteiger partial charge in [0.15, 0.2) is 0 Å². The summed E-state index contributed by atoms with van der Waals surface area (Å²) in [6, 6.07) is 8.05. The zero-order valence-corrected chi connectivity index (χ0v) is 15.7. The monoisotopic (exact) mass is 344 g/mol. The predicted octanol–water partition coefficient (Wildman–Crippen LogP) is 3.89. The Morgan fingerprint density at radius 3 is 2.56 bits per heavy atom. The van der Waals surface area contributed by atoms with Crippen molar-refractivity contribution < 1.29 is 9.53 Å². The third-order valence-corrected chi connectivity index (χ3v) is 5.54. The molecule has 25 heavy (non-hydrogen) atoms. The molecule has 138 valence electrons. The van der Waals surface area contributed by atoms with E-state index in [9.17, 15) is 4.79 Å². The molecule has 1 aromatic carbocycles. The highest BCUT2D eigenvalue weighted by Gasteiger charge is 2.45. The number of nitrogens with one attached hydrogen (secondary N) is 1. The van der Waals surface area contributed by atoms with Gasteiger partial charge in [-0.3, -0.25) is 9.69 Å². The van der Waals surface area contributed by atoms with Gasteiger partial charge in [0, 0.05) is 6.54 Å². The molecule has 0 radical (unpaired) electrons. The van der Waals surface area contributed by atoms with Crippen LogP contribution in [0, 0.1) is 0 Å². The van der Waals surface area contributed by atoms with E-state index in [-0.39, 0.29) is 17.6 Å². The van der Waals surface area contributed by atoms with Gasteiger partial charge in [0.25, 0.3) is 0 Å². The smallest absolute Gasteiger partial charge is 0.240 e. The van der Waals surface area contributed by atoms with Crippen LogP contribution in [0.25, 0.3) is 0 Å². The Morgan fingerprint density at radius 1 is 1.16 bits per heavy atom. The minimum absolute atomic E-state index is 0.158. The number of amides is 1. The van der Waals surface area contributed by atoms with Crippen molar-refractivity contribution in [3.05, 3.63) is 29.8 Å². The Hall–Kier alpha value is -1.55. The summed E-state index contributed by atoms with van der Waals surface area (Å²) in [4.78, 5) is 15.6. The van der Waals surface area contributed by atoms with Crippen LogP contribution in [0.2, 0.25) is 0 Å². The summed E-state index contributed by atoms with van der Waals surface area (Å²) in [5.41, 5.74) is 0.833. The summed E-state index contributed by atoms with van der Waals surface area (Å²) in [5, 5.41) is 3.23. The molecule has 1 aromatic rings. The number of ether oxygens (including phenoxy) is 1. The van der Waals surface area contributed by atoms with Crippen molar-refractivity contribution in [3.63, 3.8) is 0 Å². The predicted molar refractivity (Wildman–Crippen MR) is 101 cm³/mol. The number of carbonyl (C=O) groups is 1. The van der Waals surface area contributed by atoms with E-state index in [0.29, 0.717) is 6.54 Å². The third-order valence-electron chi connectivity index (χ3n) is 5.54. The first-order valence-corrected chi connectivity index (χ1v) is 9.89. The van der Waals surface area contributed by atoms with Crippen molar-refractivity contribution in [2.24, 2.45) is 0 Å². The average Bonchev–Trinajstić information content (AvgIpc) is 3.15. The van der Waals surface area contributed by atoms with Crippen LogP contribution in [0.5, 0.6) is 5.75 Å². The maximum Gasteiger partial charge on any atom is 0.240 e. The molecule has 0 bridgehead atoms. The lowest BCUT2D eigenvalue weighted by Gasteiger charge is -2.43. The fourth-order valence-electron chi connectivity index (χ4n) is 4.32. The van der Waals surface area contributed by atoms with Gasteiger partial charge < -0.3 is 10.1 Å². The van der Waals surface area contributed by atoms with Gasteiger partial charge in [-0.25, -0.2) is 0 Å². The zero-order chi connectivity index (χ0) is 17.7. The summed E-state index contributed by atoms with van der Waals surface area (Å²) >= 11 is 0. The number of rotatable bonds is 6. The van der Waals surface area contributed by atoms with Crippen LogP contribution in [0.3, 0.4) is 0 Å². The van der Waals surface area contributed by atoms with E-state index >= 15 is 0 Å². The molecule has 1 N–H and O–H groups in total. The minimum atomic E-state index is -0.263. The second-order valence-electron chi connectivity index (χ2n) is 7.78. The number of benzene rings is 1. The van der Waals surface area contributed by atoms with E-state index in [1.54, 1.807) is 0 Å². The van der Waals surface area contributed by atoms with Gasteiger partial charge in [-0.1, -0.05) is 31.4 Å². The van der Waals surface area contributed by atoms with E-state index in [2.05, 4.69) is 16.3 Å². The first-order valence-electron chi connectivity index (χ1n) is 9.89. The first kappa shape index (κ1) is 18.2. The third kappa shape index (κ3) is 4.35. The molecule has 0 atom stereocenters. The van der Waals surface area contributed by atoms with Gasteiger partial charge >= 0.3 is 0 Å². The maximum atomic E-state index is 13.2. The number of nitrogens with zero attached hydrogens (tertiary/aromatic N) is 1. The maximum absolute atomic E-state index is 13.2. The molecule has 1 aliphatic carbocycles. The van der Waals surface area contributed by atoms with Crippen molar-refractivity contribution in [3.8, 4) is 5.75 Å². The molecule has 1 heterocycles. The second kappa shape index (κ2) is 8.22. The van der Waals surface area contributed by atoms with Crippen molar-refractivity contribution in [1.29, 1.82) is 0 Å². The Bertz CT molecular complexity index is 573. The van der Waals surface area contributed by atoms with Crippen LogP contribution in [-0.4, -0.2) is 35.5 Å². The Balaban J connectivity index is 1.65. The van der Waals surface area contributed by atoms with E-state index in [4.69, 9.17) is 4.74 Å². The lowest BCUT2D eigenvalue weighted by molar-refractivity contribution is -0.135. The molecule has 4 nitrogen and oxygen atoms in total. The molecule has 1 amide bonds. The fraction of sp³-hybridized carbons (Fsp3) is 0.667. The van der Waals surface area contributed by atoms with E-state index < -0.39 is 0 Å². The molecule has 4 heteroatoms. The van der Waals surface area contributed by atoms with Crippen molar-refractivity contribution in [2.75, 3.05) is 13.1 Å². The summed E-state index contributed by atoms with van der Waals surface area (Å²) in [5.74, 6) is 1.10. The number of carbonyl (C=O) groups excluding carboxylic acids is 1. The molecule has 2 fully saturated rings. The fourth-order valence-corrected chi connectivity index (χ4v) is 4.32. The minimum Gasteiger partial charge on any atom is -0.491 e. The standard InChI is InChI=1S/C21H32N2O2/c1-17(2)25-19-10-8-9-18(15-19)16-22-20(24)21(11-4-3-5-12-21)23-13-6-7-14-23/h8-10,15,17H,3-7,11-14,16H2,1-2H3,(H,22,24). The van der Waals surface area contributed by atoms with Crippen LogP contribution in [0.1, 0.15) is 64.4 Å². The molecule has 1 aliphatic heterocycles. The Labute approximate surface area is 151 Å². The van der Waals surface area contributed by atoms with Gasteiger partial charge in [-0.2, -0.15) is 0 Å². The van der Waals surface area contributed by atoms with Gasteiger partial charge in [0.05, 0.1) is 6.10 Å². The molecular formula is C21H32N2O2. The van der Waals surface area contributed by atoms with Crippen LogP contribution >= 0.6 is 0 Å². The lowest BCUT2D eigenvalue weighted by atomic mass is 9.79. The lowest BCUT2D eigenvalue weighted by Crippen LogP contribution is -2.58.